The zero-order chi connectivity index (χ0) is 19.5. The van der Waals surface area contributed by atoms with Gasteiger partial charge in [0.2, 0.25) is 0 Å². The van der Waals surface area contributed by atoms with Crippen molar-refractivity contribution in [1.29, 1.82) is 0 Å². The molecule has 1 unspecified atom stereocenters. The van der Waals surface area contributed by atoms with E-state index in [2.05, 4.69) is 9.97 Å². The summed E-state index contributed by atoms with van der Waals surface area (Å²) in [6, 6.07) is 18.7. The van der Waals surface area contributed by atoms with Crippen molar-refractivity contribution < 1.29 is 9.53 Å². The summed E-state index contributed by atoms with van der Waals surface area (Å²) in [5, 5.41) is 0.507. The second kappa shape index (κ2) is 7.52. The molecule has 0 amide bonds. The maximum Gasteiger partial charge on any atom is 0.310 e. The molecule has 2 aromatic heterocycles. The van der Waals surface area contributed by atoms with Crippen LogP contribution in [0.1, 0.15) is 24.4 Å². The molecule has 2 aromatic carbocycles. The SMILES string of the molecule is CC(OC(=O)Cc1ccc(-n2cccc2)cc1)c1nc2ccccc2c(=O)[nH]1. The van der Waals surface area contributed by atoms with Crippen molar-refractivity contribution in [2.24, 2.45) is 0 Å². The normalized spacial score (nSPS) is 12.0. The molecule has 0 saturated carbocycles. The van der Waals surface area contributed by atoms with Gasteiger partial charge in [0.15, 0.2) is 11.9 Å². The van der Waals surface area contributed by atoms with Crippen LogP contribution < -0.4 is 5.56 Å². The van der Waals surface area contributed by atoms with E-state index in [0.29, 0.717) is 16.7 Å². The van der Waals surface area contributed by atoms with Gasteiger partial charge in [-0.05, 0) is 48.9 Å². The number of H-pyrrole nitrogens is 1. The second-order valence-electron chi connectivity index (χ2n) is 6.53. The number of para-hydroxylation sites is 1. The third-order valence-corrected chi connectivity index (χ3v) is 4.51. The fraction of sp³-hybridized carbons (Fsp3) is 0.136. The van der Waals surface area contributed by atoms with Crippen LogP contribution in [0.15, 0.2) is 77.9 Å². The van der Waals surface area contributed by atoms with Gasteiger partial charge in [0, 0.05) is 18.1 Å². The minimum Gasteiger partial charge on any atom is -0.454 e. The maximum absolute atomic E-state index is 12.3. The van der Waals surface area contributed by atoms with Gasteiger partial charge in [-0.1, -0.05) is 24.3 Å². The van der Waals surface area contributed by atoms with E-state index in [1.165, 1.54) is 0 Å². The Hall–Kier alpha value is -3.67. The lowest BCUT2D eigenvalue weighted by molar-refractivity contribution is -0.148. The minimum absolute atomic E-state index is 0.147. The second-order valence-corrected chi connectivity index (χ2v) is 6.53. The molecule has 4 aromatic rings. The van der Waals surface area contributed by atoms with Gasteiger partial charge in [0.25, 0.3) is 5.56 Å². The Labute approximate surface area is 161 Å². The molecule has 1 atom stereocenters. The minimum atomic E-state index is -0.649. The zero-order valence-electron chi connectivity index (χ0n) is 15.3. The van der Waals surface area contributed by atoms with E-state index in [1.54, 1.807) is 25.1 Å². The first-order chi connectivity index (χ1) is 13.6. The standard InChI is InChI=1S/C22H19N3O3/c1-15(21-23-19-7-3-2-6-18(19)22(27)24-21)28-20(26)14-16-8-10-17(11-9-16)25-12-4-5-13-25/h2-13,15H,14H2,1H3,(H,23,24,27). The Morgan fingerprint density at radius 2 is 1.79 bits per heavy atom. The number of carbonyl (C=O) groups is 1. The van der Waals surface area contributed by atoms with Crippen LogP contribution in [0.25, 0.3) is 16.6 Å². The zero-order valence-corrected chi connectivity index (χ0v) is 15.3. The molecule has 6 nitrogen and oxygen atoms in total. The van der Waals surface area contributed by atoms with E-state index >= 15 is 0 Å². The molecule has 0 saturated heterocycles. The number of rotatable bonds is 5. The van der Waals surface area contributed by atoms with Gasteiger partial charge in [-0.2, -0.15) is 0 Å². The summed E-state index contributed by atoms with van der Waals surface area (Å²) in [7, 11) is 0. The van der Waals surface area contributed by atoms with Crippen molar-refractivity contribution in [1.82, 2.24) is 14.5 Å². The number of benzene rings is 2. The summed E-state index contributed by atoms with van der Waals surface area (Å²) >= 11 is 0. The predicted octanol–water partition coefficient (Wildman–Crippen LogP) is 3.56. The topological polar surface area (TPSA) is 77.0 Å². The van der Waals surface area contributed by atoms with Gasteiger partial charge in [-0.3, -0.25) is 9.59 Å². The molecule has 0 fully saturated rings. The van der Waals surface area contributed by atoms with Gasteiger partial charge < -0.3 is 14.3 Å². The van der Waals surface area contributed by atoms with Crippen molar-refractivity contribution in [3.8, 4) is 5.69 Å². The first kappa shape index (κ1) is 17.7. The number of aromatic amines is 1. The highest BCUT2D eigenvalue weighted by Crippen LogP contribution is 2.16. The molecule has 2 heterocycles. The summed E-state index contributed by atoms with van der Waals surface area (Å²) in [6.45, 7) is 1.69. The molecule has 4 rings (SSSR count). The largest absolute Gasteiger partial charge is 0.454 e. The summed E-state index contributed by atoms with van der Waals surface area (Å²) in [5.41, 5.74) is 2.20. The van der Waals surface area contributed by atoms with Gasteiger partial charge in [0.1, 0.15) is 0 Å². The van der Waals surface area contributed by atoms with E-state index < -0.39 is 6.10 Å². The molecule has 6 heteroatoms. The van der Waals surface area contributed by atoms with Crippen LogP contribution in [-0.2, 0) is 16.0 Å². The van der Waals surface area contributed by atoms with Crippen LogP contribution >= 0.6 is 0 Å². The average molecular weight is 373 g/mol. The highest BCUT2D eigenvalue weighted by Gasteiger charge is 2.16. The van der Waals surface area contributed by atoms with Crippen LogP contribution in [-0.4, -0.2) is 20.5 Å². The fourth-order valence-electron chi connectivity index (χ4n) is 3.05. The Morgan fingerprint density at radius 3 is 2.54 bits per heavy atom. The predicted molar refractivity (Wildman–Crippen MR) is 106 cm³/mol. The quantitative estimate of drug-likeness (QED) is 0.543. The van der Waals surface area contributed by atoms with Gasteiger partial charge in [0.05, 0.1) is 17.3 Å². The van der Waals surface area contributed by atoms with Crippen LogP contribution in [0.5, 0.6) is 0 Å². The smallest absolute Gasteiger partial charge is 0.310 e. The summed E-state index contributed by atoms with van der Waals surface area (Å²) < 4.78 is 7.46. The lowest BCUT2D eigenvalue weighted by Gasteiger charge is -2.13. The summed E-state index contributed by atoms with van der Waals surface area (Å²) in [4.78, 5) is 31.6. The fourth-order valence-corrected chi connectivity index (χ4v) is 3.05. The van der Waals surface area contributed by atoms with Crippen molar-refractivity contribution in [2.45, 2.75) is 19.4 Å². The first-order valence-electron chi connectivity index (χ1n) is 9.01. The van der Waals surface area contributed by atoms with Gasteiger partial charge >= 0.3 is 5.97 Å². The molecule has 0 spiro atoms. The number of aromatic nitrogens is 3. The lowest BCUT2D eigenvalue weighted by Crippen LogP contribution is -2.18. The number of esters is 1. The number of hydrogen-bond acceptors (Lipinski definition) is 4. The summed E-state index contributed by atoms with van der Waals surface area (Å²) in [5.74, 6) is -0.0444. The van der Waals surface area contributed by atoms with Crippen LogP contribution in [0, 0.1) is 0 Å². The maximum atomic E-state index is 12.3. The Balaban J connectivity index is 1.44. The van der Waals surface area contributed by atoms with Crippen LogP contribution in [0.3, 0.4) is 0 Å². The molecule has 0 aliphatic heterocycles. The lowest BCUT2D eigenvalue weighted by atomic mass is 10.1. The number of ether oxygens (including phenoxy) is 1. The molecule has 140 valence electrons. The van der Waals surface area contributed by atoms with Gasteiger partial charge in [-0.25, -0.2) is 4.98 Å². The Morgan fingerprint density at radius 1 is 1.07 bits per heavy atom. The van der Waals surface area contributed by atoms with Crippen molar-refractivity contribution >= 4 is 16.9 Å². The highest BCUT2D eigenvalue weighted by atomic mass is 16.5. The number of fused-ring (bicyclic) bond motifs is 1. The monoisotopic (exact) mass is 373 g/mol. The van der Waals surface area contributed by atoms with E-state index in [1.807, 2.05) is 59.4 Å². The number of nitrogens with one attached hydrogen (secondary N) is 1. The average Bonchev–Trinajstić information content (AvgIpc) is 3.23. The third-order valence-electron chi connectivity index (χ3n) is 4.51. The molecular formula is C22H19N3O3. The van der Waals surface area contributed by atoms with E-state index in [4.69, 9.17) is 4.74 Å². The van der Waals surface area contributed by atoms with Crippen LogP contribution in [0.2, 0.25) is 0 Å². The number of carbonyl (C=O) groups excluding carboxylic acids is 1. The van der Waals surface area contributed by atoms with Crippen molar-refractivity contribution in [3.05, 3.63) is 94.8 Å². The van der Waals surface area contributed by atoms with Gasteiger partial charge in [-0.15, -0.1) is 0 Å². The molecule has 0 radical (unpaired) electrons. The van der Waals surface area contributed by atoms with Crippen molar-refractivity contribution in [2.75, 3.05) is 0 Å². The van der Waals surface area contributed by atoms with E-state index in [9.17, 15) is 9.59 Å². The Bertz CT molecular complexity index is 1160. The number of nitrogens with zero attached hydrogens (tertiary/aromatic N) is 2. The first-order valence-corrected chi connectivity index (χ1v) is 9.01. The molecule has 28 heavy (non-hydrogen) atoms. The molecule has 1 N–H and O–H groups in total. The summed E-state index contributed by atoms with van der Waals surface area (Å²) in [6.07, 6.45) is 3.42. The van der Waals surface area contributed by atoms with Crippen molar-refractivity contribution in [3.63, 3.8) is 0 Å². The van der Waals surface area contributed by atoms with E-state index in [-0.39, 0.29) is 17.9 Å². The number of hydrogen-bond donors (Lipinski definition) is 1. The van der Waals surface area contributed by atoms with Crippen LogP contribution in [0.4, 0.5) is 0 Å². The third kappa shape index (κ3) is 3.71. The van der Waals surface area contributed by atoms with E-state index in [0.717, 1.165) is 11.3 Å². The molecule has 0 bridgehead atoms. The molecule has 0 aliphatic rings. The molecular weight excluding hydrogens is 354 g/mol. The Kier molecular flexibility index (Phi) is 4.76. The molecule has 0 aliphatic carbocycles. The highest BCUT2D eigenvalue weighted by molar-refractivity contribution is 5.77.